The first kappa shape index (κ1) is 23.4. The molecule has 4 rings (SSSR count). The molecular formula is C25H31N3O4S. The van der Waals surface area contributed by atoms with Gasteiger partial charge in [0.1, 0.15) is 0 Å². The Bertz CT molecular complexity index is 1200. The summed E-state index contributed by atoms with van der Waals surface area (Å²) in [6, 6.07) is 10.6. The van der Waals surface area contributed by atoms with Crippen LogP contribution in [0.15, 0.2) is 41.3 Å². The van der Waals surface area contributed by atoms with Crippen molar-refractivity contribution in [1.82, 2.24) is 4.31 Å². The fraction of sp³-hybridized carbons (Fsp3) is 0.440. The zero-order valence-electron chi connectivity index (χ0n) is 19.6. The monoisotopic (exact) mass is 469 g/mol. The van der Waals surface area contributed by atoms with Gasteiger partial charge in [0.25, 0.3) is 0 Å². The summed E-state index contributed by atoms with van der Waals surface area (Å²) in [5.41, 5.74) is 4.32. The highest BCUT2D eigenvalue weighted by Gasteiger charge is 2.37. The summed E-state index contributed by atoms with van der Waals surface area (Å²) in [6.07, 6.45) is 3.57. The van der Waals surface area contributed by atoms with E-state index in [-0.39, 0.29) is 29.3 Å². The molecule has 176 valence electrons. The normalized spacial score (nSPS) is 18.2. The van der Waals surface area contributed by atoms with Gasteiger partial charge in [0, 0.05) is 30.4 Å². The van der Waals surface area contributed by atoms with Crippen molar-refractivity contribution >= 4 is 33.2 Å². The first-order chi connectivity index (χ1) is 15.6. The number of carbonyl (C=O) groups is 2. The van der Waals surface area contributed by atoms with Gasteiger partial charge in [-0.15, -0.1) is 0 Å². The fourth-order valence-electron chi connectivity index (χ4n) is 4.57. The molecule has 0 unspecified atom stereocenters. The number of anilines is 2. The Morgan fingerprint density at radius 2 is 1.85 bits per heavy atom. The Labute approximate surface area is 195 Å². The lowest BCUT2D eigenvalue weighted by atomic mass is 9.84. The number of hydrogen-bond donors (Lipinski definition) is 1. The van der Waals surface area contributed by atoms with Gasteiger partial charge in [0.2, 0.25) is 21.8 Å². The van der Waals surface area contributed by atoms with Gasteiger partial charge in [-0.3, -0.25) is 9.59 Å². The van der Waals surface area contributed by atoms with Gasteiger partial charge < -0.3 is 10.2 Å². The second kappa shape index (κ2) is 8.91. The standard InChI is InChI=1S/C25H31N3O4S/c1-16-8-10-22(17(2)12-16)26-24(29)15-27(4)33(31,32)21-9-11-23-20(14-21)13-18(3)28(23)25(30)19-6-5-7-19/h8-12,14,18-19H,5-7,13,15H2,1-4H3,(H,26,29)/t18-/m1/s1. The van der Waals surface area contributed by atoms with Crippen molar-refractivity contribution in [3.63, 3.8) is 0 Å². The third kappa shape index (κ3) is 4.54. The van der Waals surface area contributed by atoms with Crippen molar-refractivity contribution in [3.8, 4) is 0 Å². The quantitative estimate of drug-likeness (QED) is 0.700. The van der Waals surface area contributed by atoms with Crippen LogP contribution in [0.5, 0.6) is 0 Å². The average Bonchev–Trinajstić information content (AvgIpc) is 3.03. The van der Waals surface area contributed by atoms with Crippen LogP contribution < -0.4 is 10.2 Å². The molecule has 1 N–H and O–H groups in total. The number of carbonyl (C=O) groups excluding carboxylic acids is 2. The van der Waals surface area contributed by atoms with Gasteiger partial charge in [-0.25, -0.2) is 8.42 Å². The molecule has 1 atom stereocenters. The van der Waals surface area contributed by atoms with Gasteiger partial charge >= 0.3 is 0 Å². The second-order valence-electron chi connectivity index (χ2n) is 9.31. The minimum atomic E-state index is -3.86. The number of aryl methyl sites for hydroxylation is 2. The summed E-state index contributed by atoms with van der Waals surface area (Å²) in [7, 11) is -2.46. The molecule has 2 aromatic rings. The number of hydrogen-bond acceptors (Lipinski definition) is 4. The summed E-state index contributed by atoms with van der Waals surface area (Å²) in [4.78, 5) is 27.3. The van der Waals surface area contributed by atoms with E-state index in [1.165, 1.54) is 13.1 Å². The molecule has 7 nitrogen and oxygen atoms in total. The molecule has 2 aliphatic rings. The number of rotatable bonds is 6. The summed E-state index contributed by atoms with van der Waals surface area (Å²) >= 11 is 0. The molecule has 2 aromatic carbocycles. The van der Waals surface area contributed by atoms with E-state index >= 15 is 0 Å². The number of likely N-dealkylation sites (N-methyl/N-ethyl adjacent to an activating group) is 1. The maximum atomic E-state index is 13.2. The van der Waals surface area contributed by atoms with Crippen LogP contribution in [0.25, 0.3) is 0 Å². The summed E-state index contributed by atoms with van der Waals surface area (Å²) in [5.74, 6) is -0.174. The van der Waals surface area contributed by atoms with Crippen molar-refractivity contribution in [2.45, 2.75) is 57.4 Å². The number of nitrogens with zero attached hydrogens (tertiary/aromatic N) is 2. The topological polar surface area (TPSA) is 86.8 Å². The van der Waals surface area contributed by atoms with E-state index < -0.39 is 15.9 Å². The van der Waals surface area contributed by atoms with E-state index in [0.29, 0.717) is 12.1 Å². The van der Waals surface area contributed by atoms with E-state index in [0.717, 1.165) is 45.9 Å². The minimum absolute atomic E-state index is 0.00677. The number of sulfonamides is 1. The predicted molar refractivity (Wildman–Crippen MR) is 129 cm³/mol. The summed E-state index contributed by atoms with van der Waals surface area (Å²) < 4.78 is 27.4. The molecule has 8 heteroatoms. The molecule has 33 heavy (non-hydrogen) atoms. The number of fused-ring (bicyclic) bond motifs is 1. The molecule has 0 bridgehead atoms. The van der Waals surface area contributed by atoms with E-state index in [1.807, 2.05) is 43.9 Å². The molecule has 2 amide bonds. The fourth-order valence-corrected chi connectivity index (χ4v) is 5.74. The third-order valence-corrected chi connectivity index (χ3v) is 8.49. The van der Waals surface area contributed by atoms with Crippen molar-refractivity contribution in [2.24, 2.45) is 5.92 Å². The van der Waals surface area contributed by atoms with Gasteiger partial charge in [0.05, 0.1) is 11.4 Å². The van der Waals surface area contributed by atoms with Gasteiger partial charge in [-0.2, -0.15) is 4.31 Å². The lowest BCUT2D eigenvalue weighted by molar-refractivity contribution is -0.125. The molecule has 1 aliphatic carbocycles. The molecule has 1 aliphatic heterocycles. The number of benzene rings is 2. The van der Waals surface area contributed by atoms with Crippen molar-refractivity contribution in [3.05, 3.63) is 53.1 Å². The molecule has 0 aromatic heterocycles. The first-order valence-corrected chi connectivity index (χ1v) is 12.8. The van der Waals surface area contributed by atoms with Crippen molar-refractivity contribution < 1.29 is 18.0 Å². The highest BCUT2D eigenvalue weighted by molar-refractivity contribution is 7.89. The lowest BCUT2D eigenvalue weighted by Gasteiger charge is -2.32. The van der Waals surface area contributed by atoms with Crippen LogP contribution >= 0.6 is 0 Å². The van der Waals surface area contributed by atoms with Crippen LogP contribution in [0.1, 0.15) is 42.9 Å². The smallest absolute Gasteiger partial charge is 0.243 e. The SMILES string of the molecule is Cc1ccc(NC(=O)CN(C)S(=O)(=O)c2ccc3c(c2)C[C@@H](C)N3C(=O)C2CCC2)c(C)c1. The Morgan fingerprint density at radius 3 is 2.48 bits per heavy atom. The van der Waals surface area contributed by atoms with Crippen LogP contribution in [-0.4, -0.2) is 44.2 Å². The molecule has 1 saturated carbocycles. The minimum Gasteiger partial charge on any atom is -0.325 e. The predicted octanol–water partition coefficient (Wildman–Crippen LogP) is 3.64. The zero-order chi connectivity index (χ0) is 23.9. The van der Waals surface area contributed by atoms with Gasteiger partial charge in [0.15, 0.2) is 0 Å². The van der Waals surface area contributed by atoms with Gasteiger partial charge in [-0.1, -0.05) is 24.1 Å². The maximum Gasteiger partial charge on any atom is 0.243 e. The van der Waals surface area contributed by atoms with Crippen molar-refractivity contribution in [2.75, 3.05) is 23.8 Å². The lowest BCUT2D eigenvalue weighted by Crippen LogP contribution is -2.42. The largest absolute Gasteiger partial charge is 0.325 e. The molecule has 1 heterocycles. The Hall–Kier alpha value is -2.71. The number of amides is 2. The highest BCUT2D eigenvalue weighted by Crippen LogP contribution is 2.38. The Kier molecular flexibility index (Phi) is 6.33. The first-order valence-electron chi connectivity index (χ1n) is 11.4. The highest BCUT2D eigenvalue weighted by atomic mass is 32.2. The van der Waals surface area contributed by atoms with Crippen molar-refractivity contribution in [1.29, 1.82) is 0 Å². The van der Waals surface area contributed by atoms with Crippen LogP contribution in [0.4, 0.5) is 11.4 Å². The van der Waals surface area contributed by atoms with E-state index in [9.17, 15) is 18.0 Å². The Morgan fingerprint density at radius 1 is 1.12 bits per heavy atom. The molecule has 0 saturated heterocycles. The van der Waals surface area contributed by atoms with Crippen LogP contribution in [0.3, 0.4) is 0 Å². The summed E-state index contributed by atoms with van der Waals surface area (Å²) in [5, 5.41) is 2.79. The second-order valence-corrected chi connectivity index (χ2v) is 11.4. The van der Waals surface area contributed by atoms with E-state index in [4.69, 9.17) is 0 Å². The molecular weight excluding hydrogens is 438 g/mol. The van der Waals surface area contributed by atoms with Crippen LogP contribution in [0.2, 0.25) is 0 Å². The number of nitrogens with one attached hydrogen (secondary N) is 1. The molecule has 1 fully saturated rings. The maximum absolute atomic E-state index is 13.2. The molecule has 0 spiro atoms. The van der Waals surface area contributed by atoms with Gasteiger partial charge in [-0.05, 0) is 75.4 Å². The van der Waals surface area contributed by atoms with Crippen LogP contribution in [0, 0.1) is 19.8 Å². The average molecular weight is 470 g/mol. The van der Waals surface area contributed by atoms with E-state index in [1.54, 1.807) is 12.1 Å². The third-order valence-electron chi connectivity index (χ3n) is 6.69. The van der Waals surface area contributed by atoms with E-state index in [2.05, 4.69) is 5.32 Å². The van der Waals surface area contributed by atoms with Crippen LogP contribution in [-0.2, 0) is 26.0 Å². The summed E-state index contributed by atoms with van der Waals surface area (Å²) in [6.45, 7) is 5.57. The zero-order valence-corrected chi connectivity index (χ0v) is 20.4. The molecule has 0 radical (unpaired) electrons. The Balaban J connectivity index is 1.48.